The van der Waals surface area contributed by atoms with Gasteiger partial charge in [-0.05, 0) is 32.3 Å². The number of benzene rings is 1. The van der Waals surface area contributed by atoms with Crippen molar-refractivity contribution in [1.29, 1.82) is 5.26 Å². The van der Waals surface area contributed by atoms with Crippen LogP contribution in [0.5, 0.6) is 0 Å². The predicted octanol–water partition coefficient (Wildman–Crippen LogP) is 7.28. The standard InChI is InChI=1S/C10H14.C5H7N.C5H8.C2H6/c1-2-3-7-10-8-5-4-6-9-10;1-5(2)3-4-6;1-3-5-4-2;1-2/h4-6,8-9H,2-3,7H2,1H3;1,3H2,2H3;3-5H,1H2,2H3;1-2H3/b;;5-4-;. The van der Waals surface area contributed by atoms with Crippen LogP contribution in [0.2, 0.25) is 0 Å². The molecule has 1 nitrogen and oxygen atoms in total. The first-order chi connectivity index (χ1) is 11.1. The molecule has 0 atom stereocenters. The monoisotopic (exact) mass is 313 g/mol. The van der Waals surface area contributed by atoms with E-state index >= 15 is 0 Å². The summed E-state index contributed by atoms with van der Waals surface area (Å²) in [5.41, 5.74) is 2.39. The first-order valence-corrected chi connectivity index (χ1v) is 8.41. The van der Waals surface area contributed by atoms with E-state index in [-0.39, 0.29) is 0 Å². The fourth-order valence-corrected chi connectivity index (χ4v) is 1.30. The van der Waals surface area contributed by atoms with E-state index in [1.807, 2.05) is 45.9 Å². The van der Waals surface area contributed by atoms with Gasteiger partial charge in [0.25, 0.3) is 0 Å². The molecule has 0 aromatic heterocycles. The second-order valence-corrected chi connectivity index (χ2v) is 4.64. The molecule has 0 aliphatic rings. The van der Waals surface area contributed by atoms with E-state index in [9.17, 15) is 0 Å². The maximum atomic E-state index is 7.93. The molecule has 0 saturated heterocycles. The third-order valence-corrected chi connectivity index (χ3v) is 2.37. The van der Waals surface area contributed by atoms with Crippen LogP contribution in [-0.4, -0.2) is 0 Å². The zero-order valence-electron chi connectivity index (χ0n) is 15.8. The summed E-state index contributed by atoms with van der Waals surface area (Å²) in [5, 5.41) is 7.93. The van der Waals surface area contributed by atoms with Crippen molar-refractivity contribution in [2.75, 3.05) is 0 Å². The Hall–Kier alpha value is -2.07. The van der Waals surface area contributed by atoms with Gasteiger partial charge in [0.2, 0.25) is 0 Å². The van der Waals surface area contributed by atoms with Crippen molar-refractivity contribution in [1.82, 2.24) is 0 Å². The summed E-state index contributed by atoms with van der Waals surface area (Å²) in [4.78, 5) is 0. The molecule has 0 amide bonds. The Bertz CT molecular complexity index is 421. The zero-order valence-corrected chi connectivity index (χ0v) is 15.8. The van der Waals surface area contributed by atoms with Crippen LogP contribution in [0.3, 0.4) is 0 Å². The van der Waals surface area contributed by atoms with Crippen LogP contribution in [0, 0.1) is 11.3 Å². The van der Waals surface area contributed by atoms with Crippen molar-refractivity contribution < 1.29 is 0 Å². The van der Waals surface area contributed by atoms with Gasteiger partial charge in [-0.3, -0.25) is 0 Å². The maximum absolute atomic E-state index is 7.93. The molecule has 23 heavy (non-hydrogen) atoms. The third kappa shape index (κ3) is 28.7. The highest BCUT2D eigenvalue weighted by atomic mass is 14.2. The normalized spacial score (nSPS) is 8.17. The van der Waals surface area contributed by atoms with E-state index in [0.717, 1.165) is 5.57 Å². The van der Waals surface area contributed by atoms with Crippen LogP contribution in [0.1, 0.15) is 59.4 Å². The highest BCUT2D eigenvalue weighted by Crippen LogP contribution is 2.03. The highest BCUT2D eigenvalue weighted by molar-refractivity contribution is 5.14. The molecule has 1 aromatic carbocycles. The van der Waals surface area contributed by atoms with E-state index in [1.165, 1.54) is 24.8 Å². The lowest BCUT2D eigenvalue weighted by molar-refractivity contribution is 0.795. The summed E-state index contributed by atoms with van der Waals surface area (Å²) in [5.74, 6) is 0. The Labute approximate surface area is 145 Å². The molecule has 0 aliphatic carbocycles. The minimum Gasteiger partial charge on any atom is -0.198 e. The summed E-state index contributed by atoms with van der Waals surface area (Å²) < 4.78 is 0. The molecule has 0 bridgehead atoms. The number of allylic oxidation sites excluding steroid dienone is 4. The molecule has 0 aliphatic heterocycles. The Morgan fingerprint density at radius 3 is 2.04 bits per heavy atom. The first kappa shape index (κ1) is 25.9. The number of unbranched alkanes of at least 4 members (excludes halogenated alkanes) is 1. The van der Waals surface area contributed by atoms with Gasteiger partial charge in [0, 0.05) is 0 Å². The third-order valence-electron chi connectivity index (χ3n) is 2.37. The summed E-state index contributed by atoms with van der Waals surface area (Å²) in [6.07, 6.45) is 9.89. The molecule has 0 unspecified atom stereocenters. The predicted molar refractivity (Wildman–Crippen MR) is 106 cm³/mol. The largest absolute Gasteiger partial charge is 0.198 e. The minimum absolute atomic E-state index is 0.486. The van der Waals surface area contributed by atoms with Gasteiger partial charge in [-0.15, -0.1) is 0 Å². The second-order valence-electron chi connectivity index (χ2n) is 4.64. The molecule has 128 valence electrons. The fraction of sp³-hybridized carbons (Fsp3) is 0.409. The first-order valence-electron chi connectivity index (χ1n) is 8.41. The van der Waals surface area contributed by atoms with Crippen molar-refractivity contribution in [2.24, 2.45) is 0 Å². The van der Waals surface area contributed by atoms with Gasteiger partial charge in [0.05, 0.1) is 12.5 Å². The van der Waals surface area contributed by atoms with Gasteiger partial charge in [-0.1, -0.05) is 94.5 Å². The molecular formula is C22H35N. The smallest absolute Gasteiger partial charge is 0.0665 e. The Balaban J connectivity index is -0.000000267. The lowest BCUT2D eigenvalue weighted by atomic mass is 10.1. The minimum atomic E-state index is 0.486. The van der Waals surface area contributed by atoms with E-state index < -0.39 is 0 Å². The number of nitrogens with zero attached hydrogens (tertiary/aromatic N) is 1. The highest BCUT2D eigenvalue weighted by Gasteiger charge is 1.87. The van der Waals surface area contributed by atoms with E-state index in [2.05, 4.69) is 50.4 Å². The van der Waals surface area contributed by atoms with Gasteiger partial charge in [-0.2, -0.15) is 5.26 Å². The van der Waals surface area contributed by atoms with E-state index in [1.54, 1.807) is 6.08 Å². The number of rotatable bonds is 5. The van der Waals surface area contributed by atoms with Gasteiger partial charge < -0.3 is 0 Å². The Morgan fingerprint density at radius 1 is 1.22 bits per heavy atom. The Kier molecular flexibility index (Phi) is 28.0. The molecule has 1 rings (SSSR count). The SMILES string of the molecule is C=C(C)CC#N.C=C/C=C\C.CC.CCCCc1ccccc1. The molecule has 0 fully saturated rings. The van der Waals surface area contributed by atoms with Crippen LogP contribution in [0.25, 0.3) is 0 Å². The van der Waals surface area contributed by atoms with E-state index in [4.69, 9.17) is 5.26 Å². The van der Waals surface area contributed by atoms with Gasteiger partial charge in [0.15, 0.2) is 0 Å². The molecule has 0 N–H and O–H groups in total. The van der Waals surface area contributed by atoms with E-state index in [0.29, 0.717) is 6.42 Å². The summed E-state index contributed by atoms with van der Waals surface area (Å²) in [7, 11) is 0. The maximum Gasteiger partial charge on any atom is 0.0665 e. The average Bonchev–Trinajstić information content (AvgIpc) is 2.57. The number of aryl methyl sites for hydroxylation is 1. The lowest BCUT2D eigenvalue weighted by Crippen LogP contribution is -1.81. The van der Waals surface area contributed by atoms with Crippen LogP contribution < -0.4 is 0 Å². The molecule has 1 heteroatoms. The molecule has 0 heterocycles. The van der Waals surface area contributed by atoms with Gasteiger partial charge in [-0.25, -0.2) is 0 Å². The van der Waals surface area contributed by atoms with Crippen LogP contribution in [-0.2, 0) is 6.42 Å². The van der Waals surface area contributed by atoms with Gasteiger partial charge in [0.1, 0.15) is 0 Å². The van der Waals surface area contributed by atoms with Gasteiger partial charge >= 0.3 is 0 Å². The van der Waals surface area contributed by atoms with Crippen molar-refractivity contribution in [3.63, 3.8) is 0 Å². The molecule has 0 spiro atoms. The number of nitriles is 1. The summed E-state index contributed by atoms with van der Waals surface area (Å²) in [6, 6.07) is 12.6. The molecule has 1 aromatic rings. The topological polar surface area (TPSA) is 23.8 Å². The summed E-state index contributed by atoms with van der Waals surface area (Å²) >= 11 is 0. The number of hydrogen-bond donors (Lipinski definition) is 0. The van der Waals surface area contributed by atoms with Crippen molar-refractivity contribution in [3.05, 3.63) is 72.9 Å². The second kappa shape index (κ2) is 24.9. The Morgan fingerprint density at radius 2 is 1.78 bits per heavy atom. The van der Waals surface area contributed by atoms with Crippen molar-refractivity contribution >= 4 is 0 Å². The summed E-state index contributed by atoms with van der Waals surface area (Å²) in [6.45, 7) is 17.0. The van der Waals surface area contributed by atoms with Crippen LogP contribution >= 0.6 is 0 Å². The van der Waals surface area contributed by atoms with Crippen LogP contribution in [0.15, 0.2) is 67.3 Å². The molecule has 0 saturated carbocycles. The van der Waals surface area contributed by atoms with Crippen molar-refractivity contribution in [3.8, 4) is 6.07 Å². The van der Waals surface area contributed by atoms with Crippen LogP contribution in [0.4, 0.5) is 0 Å². The molecular weight excluding hydrogens is 278 g/mol. The quantitative estimate of drug-likeness (QED) is 0.414. The lowest BCUT2D eigenvalue weighted by Gasteiger charge is -1.96. The number of hydrogen-bond acceptors (Lipinski definition) is 1. The molecule has 0 radical (unpaired) electrons. The zero-order chi connectivity index (χ0) is 18.3. The fourth-order valence-electron chi connectivity index (χ4n) is 1.30. The average molecular weight is 314 g/mol. The van der Waals surface area contributed by atoms with Crippen molar-refractivity contribution in [2.45, 2.75) is 60.3 Å².